The van der Waals surface area contributed by atoms with Crippen LogP contribution in [0.4, 0.5) is 5.13 Å². The fourth-order valence-electron chi connectivity index (χ4n) is 2.86. The van der Waals surface area contributed by atoms with E-state index in [9.17, 15) is 4.79 Å². The van der Waals surface area contributed by atoms with Crippen LogP contribution in [0.15, 0.2) is 58.9 Å². The van der Waals surface area contributed by atoms with Gasteiger partial charge in [-0.25, -0.2) is 0 Å². The Morgan fingerprint density at radius 3 is 2.32 bits per heavy atom. The van der Waals surface area contributed by atoms with E-state index in [4.69, 9.17) is 0 Å². The number of carbonyl (C=O) groups excluding carboxylic acids is 1. The summed E-state index contributed by atoms with van der Waals surface area (Å²) in [6, 6.07) is 18.0. The van der Waals surface area contributed by atoms with Gasteiger partial charge in [0, 0.05) is 0 Å². The Hall–Kier alpha value is -2.44. The molecule has 0 atom stereocenters. The highest BCUT2D eigenvalue weighted by molar-refractivity contribution is 8.01. The van der Waals surface area contributed by atoms with Crippen molar-refractivity contribution in [2.24, 2.45) is 0 Å². The first-order valence-electron chi connectivity index (χ1n) is 7.94. The first-order valence-corrected chi connectivity index (χ1v) is 9.74. The zero-order valence-corrected chi connectivity index (χ0v) is 15.2. The molecule has 0 radical (unpaired) electrons. The quantitative estimate of drug-likeness (QED) is 0.306. The van der Waals surface area contributed by atoms with Crippen molar-refractivity contribution in [2.45, 2.75) is 11.3 Å². The molecule has 0 unspecified atom stereocenters. The molecule has 0 fully saturated rings. The summed E-state index contributed by atoms with van der Waals surface area (Å²) in [4.78, 5) is 13.0. The van der Waals surface area contributed by atoms with E-state index in [0.29, 0.717) is 10.7 Å². The predicted molar refractivity (Wildman–Crippen MR) is 106 cm³/mol. The maximum Gasteiger partial charge on any atom is 0.258 e. The van der Waals surface area contributed by atoms with Gasteiger partial charge in [-0.2, -0.15) is 0 Å². The number of amides is 1. The van der Waals surface area contributed by atoms with Gasteiger partial charge in [0.05, 0.1) is 5.56 Å². The Morgan fingerprint density at radius 1 is 1.04 bits per heavy atom. The molecule has 0 aliphatic carbocycles. The van der Waals surface area contributed by atoms with Crippen LogP contribution < -0.4 is 5.32 Å². The lowest BCUT2D eigenvalue weighted by atomic mass is 9.96. The van der Waals surface area contributed by atoms with Gasteiger partial charge in [0.2, 0.25) is 5.13 Å². The van der Waals surface area contributed by atoms with Gasteiger partial charge in [0.25, 0.3) is 5.91 Å². The third-order valence-corrected chi connectivity index (χ3v) is 5.75. The number of anilines is 1. The van der Waals surface area contributed by atoms with Crippen molar-refractivity contribution >= 4 is 55.7 Å². The summed E-state index contributed by atoms with van der Waals surface area (Å²) in [5.41, 5.74) is 0.675. The minimum atomic E-state index is -0.155. The molecular formula is C19H15N3OS2. The summed E-state index contributed by atoms with van der Waals surface area (Å²) in [6.07, 6.45) is 0. The molecular weight excluding hydrogens is 350 g/mol. The zero-order valence-electron chi connectivity index (χ0n) is 13.5. The molecule has 3 aromatic carbocycles. The van der Waals surface area contributed by atoms with Crippen LogP contribution in [-0.2, 0) is 0 Å². The third-order valence-electron chi connectivity index (χ3n) is 3.89. The molecule has 0 spiro atoms. The summed E-state index contributed by atoms with van der Waals surface area (Å²) in [7, 11) is 0. The van der Waals surface area contributed by atoms with E-state index in [1.165, 1.54) is 11.3 Å². The van der Waals surface area contributed by atoms with Crippen LogP contribution in [0.3, 0.4) is 0 Å². The van der Waals surface area contributed by atoms with E-state index in [2.05, 4.69) is 28.5 Å². The molecule has 0 saturated carbocycles. The van der Waals surface area contributed by atoms with E-state index in [0.717, 1.165) is 31.6 Å². The van der Waals surface area contributed by atoms with Crippen molar-refractivity contribution in [3.05, 3.63) is 60.2 Å². The van der Waals surface area contributed by atoms with Crippen LogP contribution in [0.1, 0.15) is 17.3 Å². The normalized spacial score (nSPS) is 11.1. The average Bonchev–Trinajstić information content (AvgIpc) is 3.06. The molecule has 124 valence electrons. The molecule has 1 N–H and O–H groups in total. The molecule has 25 heavy (non-hydrogen) atoms. The molecule has 0 bridgehead atoms. The predicted octanol–water partition coefficient (Wildman–Crippen LogP) is 5.21. The summed E-state index contributed by atoms with van der Waals surface area (Å²) >= 11 is 3.02. The number of hydrogen-bond donors (Lipinski definition) is 1. The van der Waals surface area contributed by atoms with Crippen LogP contribution in [0.25, 0.3) is 21.5 Å². The van der Waals surface area contributed by atoms with Gasteiger partial charge in [-0.3, -0.25) is 10.1 Å². The first-order chi connectivity index (χ1) is 12.3. The van der Waals surface area contributed by atoms with Crippen molar-refractivity contribution in [2.75, 3.05) is 11.1 Å². The smallest absolute Gasteiger partial charge is 0.258 e. The van der Waals surface area contributed by atoms with E-state index < -0.39 is 0 Å². The lowest BCUT2D eigenvalue weighted by Gasteiger charge is -2.10. The van der Waals surface area contributed by atoms with Gasteiger partial charge in [-0.1, -0.05) is 78.6 Å². The Kier molecular flexibility index (Phi) is 4.38. The number of hydrogen-bond acceptors (Lipinski definition) is 5. The molecule has 1 aromatic heterocycles. The van der Waals surface area contributed by atoms with Crippen molar-refractivity contribution < 1.29 is 4.79 Å². The number of nitrogens with one attached hydrogen (secondary N) is 1. The molecule has 0 saturated heterocycles. The van der Waals surface area contributed by atoms with Crippen LogP contribution in [0.2, 0.25) is 0 Å². The zero-order chi connectivity index (χ0) is 17.2. The number of thioether (sulfide) groups is 1. The second-order valence-corrected chi connectivity index (χ2v) is 7.94. The number of nitrogens with zero attached hydrogens (tertiary/aromatic N) is 2. The number of aromatic nitrogens is 2. The van der Waals surface area contributed by atoms with Gasteiger partial charge in [0.1, 0.15) is 0 Å². The Balaban J connectivity index is 1.81. The fraction of sp³-hybridized carbons (Fsp3) is 0.105. The highest BCUT2D eigenvalue weighted by Crippen LogP contribution is 2.30. The number of fused-ring (bicyclic) bond motifs is 2. The fourth-order valence-corrected chi connectivity index (χ4v) is 4.50. The van der Waals surface area contributed by atoms with Crippen molar-refractivity contribution in [1.82, 2.24) is 10.2 Å². The molecule has 1 heterocycles. The third kappa shape index (κ3) is 3.10. The van der Waals surface area contributed by atoms with Crippen molar-refractivity contribution in [1.29, 1.82) is 0 Å². The van der Waals surface area contributed by atoms with Gasteiger partial charge in [-0.15, -0.1) is 10.2 Å². The monoisotopic (exact) mass is 365 g/mol. The maximum absolute atomic E-state index is 13.0. The van der Waals surface area contributed by atoms with Gasteiger partial charge >= 0.3 is 0 Å². The van der Waals surface area contributed by atoms with E-state index >= 15 is 0 Å². The van der Waals surface area contributed by atoms with Crippen molar-refractivity contribution in [3.63, 3.8) is 0 Å². The summed E-state index contributed by atoms with van der Waals surface area (Å²) in [6.45, 7) is 2.06. The Morgan fingerprint density at radius 2 is 1.68 bits per heavy atom. The van der Waals surface area contributed by atoms with E-state index in [1.807, 2.05) is 48.5 Å². The number of benzene rings is 3. The van der Waals surface area contributed by atoms with Crippen molar-refractivity contribution in [3.8, 4) is 0 Å². The van der Waals surface area contributed by atoms with Crippen LogP contribution in [0.5, 0.6) is 0 Å². The van der Waals surface area contributed by atoms with Crippen LogP contribution in [0, 0.1) is 0 Å². The summed E-state index contributed by atoms with van der Waals surface area (Å²) in [5.74, 6) is 0.772. The first kappa shape index (κ1) is 16.1. The molecule has 4 rings (SSSR count). The Labute approximate surface area is 153 Å². The lowest BCUT2D eigenvalue weighted by Crippen LogP contribution is -2.13. The van der Waals surface area contributed by atoms with Crippen LogP contribution >= 0.6 is 23.1 Å². The van der Waals surface area contributed by atoms with Crippen LogP contribution in [-0.4, -0.2) is 21.9 Å². The molecule has 0 aliphatic rings. The number of carbonyl (C=O) groups is 1. The topological polar surface area (TPSA) is 54.9 Å². The van der Waals surface area contributed by atoms with Gasteiger partial charge in [-0.05, 0) is 33.4 Å². The van der Waals surface area contributed by atoms with Gasteiger partial charge < -0.3 is 0 Å². The molecule has 4 nitrogen and oxygen atoms in total. The van der Waals surface area contributed by atoms with Gasteiger partial charge in [0.15, 0.2) is 4.34 Å². The SMILES string of the molecule is CCSc1nnc(NC(=O)c2c3ccccc3cc3ccccc23)s1. The maximum atomic E-state index is 13.0. The molecule has 4 aromatic rings. The second kappa shape index (κ2) is 6.82. The lowest BCUT2D eigenvalue weighted by molar-refractivity contribution is 0.102. The standard InChI is InChI=1S/C19H15N3OS2/c1-2-24-19-22-21-18(25-19)20-17(23)16-14-9-5-3-7-12(14)11-13-8-4-6-10-15(13)16/h3-11H,2H2,1H3,(H,20,21,23). The minimum absolute atomic E-state index is 0.155. The highest BCUT2D eigenvalue weighted by Gasteiger charge is 2.16. The van der Waals surface area contributed by atoms with E-state index in [1.54, 1.807) is 11.8 Å². The second-order valence-electron chi connectivity index (χ2n) is 5.45. The average molecular weight is 365 g/mol. The molecule has 1 amide bonds. The molecule has 6 heteroatoms. The minimum Gasteiger partial charge on any atom is -0.296 e. The summed E-state index contributed by atoms with van der Waals surface area (Å²) in [5, 5.41) is 15.6. The largest absolute Gasteiger partial charge is 0.296 e. The molecule has 0 aliphatic heterocycles. The summed E-state index contributed by atoms with van der Waals surface area (Å²) < 4.78 is 0.862. The Bertz CT molecular complexity index is 1020. The number of rotatable bonds is 4. The van der Waals surface area contributed by atoms with E-state index in [-0.39, 0.29) is 5.91 Å². The highest BCUT2D eigenvalue weighted by atomic mass is 32.2.